The zero-order valence-electron chi connectivity index (χ0n) is 18.5. The first-order chi connectivity index (χ1) is 15.5. The number of hydrogen-bond acceptors (Lipinski definition) is 5. The van der Waals surface area contributed by atoms with Crippen LogP contribution in [0.3, 0.4) is 0 Å². The van der Waals surface area contributed by atoms with E-state index in [-0.39, 0.29) is 23.9 Å². The number of benzene rings is 1. The predicted molar refractivity (Wildman–Crippen MR) is 127 cm³/mol. The van der Waals surface area contributed by atoms with Crippen LogP contribution in [0.2, 0.25) is 0 Å². The molecule has 32 heavy (non-hydrogen) atoms. The van der Waals surface area contributed by atoms with Crippen LogP contribution in [-0.2, 0) is 24.2 Å². The van der Waals surface area contributed by atoms with Crippen molar-refractivity contribution in [3.05, 3.63) is 57.0 Å². The molecule has 1 aliphatic rings. The number of rotatable bonds is 6. The summed E-state index contributed by atoms with van der Waals surface area (Å²) < 4.78 is 1.38. The highest BCUT2D eigenvalue weighted by Crippen LogP contribution is 2.32. The summed E-state index contributed by atoms with van der Waals surface area (Å²) in [6.07, 6.45) is 6.78. The van der Waals surface area contributed by atoms with Gasteiger partial charge in [-0.25, -0.2) is 4.98 Å². The van der Waals surface area contributed by atoms with Crippen LogP contribution in [0.1, 0.15) is 53.9 Å². The molecule has 8 heteroatoms. The van der Waals surface area contributed by atoms with Crippen LogP contribution in [0, 0.1) is 0 Å². The van der Waals surface area contributed by atoms with Crippen LogP contribution in [0.25, 0.3) is 10.2 Å². The number of carbonyl (C=O) groups is 2. The summed E-state index contributed by atoms with van der Waals surface area (Å²) in [6, 6.07) is 6.82. The zero-order valence-corrected chi connectivity index (χ0v) is 19.3. The van der Waals surface area contributed by atoms with Crippen molar-refractivity contribution in [2.24, 2.45) is 0 Å². The van der Waals surface area contributed by atoms with Gasteiger partial charge in [0.2, 0.25) is 5.91 Å². The van der Waals surface area contributed by atoms with Gasteiger partial charge in [-0.2, -0.15) is 0 Å². The number of aryl methyl sites for hydroxylation is 2. The second kappa shape index (κ2) is 9.65. The highest BCUT2D eigenvalue weighted by molar-refractivity contribution is 7.18. The summed E-state index contributed by atoms with van der Waals surface area (Å²) in [7, 11) is 0. The van der Waals surface area contributed by atoms with E-state index in [1.165, 1.54) is 22.2 Å². The fraction of sp³-hybridized carbons (Fsp3) is 0.417. The molecule has 2 amide bonds. The lowest BCUT2D eigenvalue weighted by Gasteiger charge is -2.18. The number of carbonyl (C=O) groups excluding carboxylic acids is 2. The molecule has 2 aromatic heterocycles. The number of nitrogens with one attached hydrogen (secondary N) is 1. The maximum atomic E-state index is 13.1. The van der Waals surface area contributed by atoms with Crippen LogP contribution in [-0.4, -0.2) is 39.4 Å². The normalized spacial score (nSPS) is 13.4. The van der Waals surface area contributed by atoms with E-state index in [0.717, 1.165) is 36.1 Å². The zero-order chi connectivity index (χ0) is 22.7. The average Bonchev–Trinajstić information content (AvgIpc) is 2.99. The van der Waals surface area contributed by atoms with E-state index in [2.05, 4.69) is 10.3 Å². The molecule has 3 aromatic rings. The average molecular weight is 453 g/mol. The van der Waals surface area contributed by atoms with Gasteiger partial charge in [-0.3, -0.25) is 19.0 Å². The largest absolute Gasteiger partial charge is 0.339 e. The molecule has 0 fully saturated rings. The summed E-state index contributed by atoms with van der Waals surface area (Å²) in [6.45, 7) is 5.07. The van der Waals surface area contributed by atoms with Gasteiger partial charge in [-0.05, 0) is 69.4 Å². The van der Waals surface area contributed by atoms with Gasteiger partial charge in [0.25, 0.3) is 11.5 Å². The van der Waals surface area contributed by atoms with Crippen LogP contribution in [0.15, 0.2) is 35.4 Å². The van der Waals surface area contributed by atoms with Crippen molar-refractivity contribution in [1.82, 2.24) is 14.5 Å². The van der Waals surface area contributed by atoms with Crippen molar-refractivity contribution >= 4 is 39.1 Å². The Kier molecular flexibility index (Phi) is 6.69. The number of fused-ring (bicyclic) bond motifs is 3. The van der Waals surface area contributed by atoms with Gasteiger partial charge in [0.05, 0.1) is 11.7 Å². The Morgan fingerprint density at radius 2 is 1.81 bits per heavy atom. The first-order valence-corrected chi connectivity index (χ1v) is 12.0. The van der Waals surface area contributed by atoms with Gasteiger partial charge in [-0.1, -0.05) is 6.42 Å². The van der Waals surface area contributed by atoms with E-state index < -0.39 is 0 Å². The first kappa shape index (κ1) is 22.2. The molecule has 1 N–H and O–H groups in total. The molecule has 0 saturated carbocycles. The quantitative estimate of drug-likeness (QED) is 0.576. The molecule has 4 rings (SSSR count). The number of nitrogens with zero attached hydrogens (tertiary/aromatic N) is 3. The summed E-state index contributed by atoms with van der Waals surface area (Å²) in [5.74, 6) is -0.342. The Bertz CT molecular complexity index is 1190. The minimum absolute atomic E-state index is 0.0336. The summed E-state index contributed by atoms with van der Waals surface area (Å²) in [5, 5.41) is 3.49. The molecule has 0 aliphatic heterocycles. The summed E-state index contributed by atoms with van der Waals surface area (Å²) >= 11 is 1.61. The number of thiophene rings is 1. The lowest BCUT2D eigenvalue weighted by Crippen LogP contribution is -2.30. The van der Waals surface area contributed by atoms with Crippen molar-refractivity contribution < 1.29 is 9.59 Å². The fourth-order valence-corrected chi connectivity index (χ4v) is 5.43. The highest BCUT2D eigenvalue weighted by atomic mass is 32.1. The van der Waals surface area contributed by atoms with Gasteiger partial charge in [0.15, 0.2) is 0 Å². The van der Waals surface area contributed by atoms with Gasteiger partial charge in [0.1, 0.15) is 11.4 Å². The second-order valence-corrected chi connectivity index (χ2v) is 9.11. The smallest absolute Gasteiger partial charge is 0.262 e. The van der Waals surface area contributed by atoms with E-state index in [9.17, 15) is 14.4 Å². The fourth-order valence-electron chi connectivity index (χ4n) is 4.22. The molecule has 168 valence electrons. The lowest BCUT2D eigenvalue weighted by atomic mass is 10.1. The van der Waals surface area contributed by atoms with Crippen LogP contribution in [0.4, 0.5) is 5.69 Å². The third-order valence-corrected chi connectivity index (χ3v) is 7.17. The standard InChI is InChI=1S/C24H28N4O3S/c1-3-27(4-2)23(30)16-10-12-17(13-11-16)26-20(29)14-28-15-25-22-21(24(28)31)18-8-6-5-7-9-19(18)32-22/h10-13,15H,3-9,14H2,1-2H3,(H,26,29). The maximum Gasteiger partial charge on any atom is 0.262 e. The molecule has 0 bridgehead atoms. The monoisotopic (exact) mass is 452 g/mol. The van der Waals surface area contributed by atoms with Gasteiger partial charge in [0, 0.05) is 29.2 Å². The summed E-state index contributed by atoms with van der Waals surface area (Å²) in [4.78, 5) is 46.4. The minimum Gasteiger partial charge on any atom is -0.339 e. The SMILES string of the molecule is CCN(CC)C(=O)c1ccc(NC(=O)Cn2cnc3sc4c(c3c2=O)CCCCC4)cc1. The molecule has 0 saturated heterocycles. The van der Waals surface area contributed by atoms with Crippen molar-refractivity contribution in [2.45, 2.75) is 52.5 Å². The number of hydrogen-bond donors (Lipinski definition) is 1. The van der Waals surface area contributed by atoms with Crippen molar-refractivity contribution in [2.75, 3.05) is 18.4 Å². The van der Waals surface area contributed by atoms with Gasteiger partial charge >= 0.3 is 0 Å². The maximum absolute atomic E-state index is 13.1. The van der Waals surface area contributed by atoms with E-state index in [0.29, 0.717) is 29.7 Å². The third kappa shape index (κ3) is 4.46. The van der Waals surface area contributed by atoms with Crippen molar-refractivity contribution in [1.29, 1.82) is 0 Å². The van der Waals surface area contributed by atoms with E-state index in [4.69, 9.17) is 0 Å². The Morgan fingerprint density at radius 1 is 1.09 bits per heavy atom. The van der Waals surface area contributed by atoms with Crippen molar-refractivity contribution in [3.63, 3.8) is 0 Å². The summed E-state index contributed by atoms with van der Waals surface area (Å²) in [5.41, 5.74) is 2.14. The predicted octanol–water partition coefficient (Wildman–Crippen LogP) is 3.85. The van der Waals surface area contributed by atoms with E-state index in [1.807, 2.05) is 13.8 Å². The third-order valence-electron chi connectivity index (χ3n) is 5.97. The molecule has 7 nitrogen and oxygen atoms in total. The van der Waals surface area contributed by atoms with Gasteiger partial charge < -0.3 is 10.2 Å². The molecular weight excluding hydrogens is 424 g/mol. The number of aromatic nitrogens is 2. The van der Waals surface area contributed by atoms with E-state index >= 15 is 0 Å². The lowest BCUT2D eigenvalue weighted by molar-refractivity contribution is -0.116. The van der Waals surface area contributed by atoms with Gasteiger partial charge in [-0.15, -0.1) is 11.3 Å². The number of anilines is 1. The minimum atomic E-state index is -0.308. The molecule has 0 unspecified atom stereocenters. The molecule has 1 aromatic carbocycles. The highest BCUT2D eigenvalue weighted by Gasteiger charge is 2.20. The topological polar surface area (TPSA) is 84.3 Å². The molecule has 0 spiro atoms. The molecule has 1 aliphatic carbocycles. The molecule has 0 radical (unpaired) electrons. The number of amides is 2. The van der Waals surface area contributed by atoms with Crippen LogP contribution >= 0.6 is 11.3 Å². The Morgan fingerprint density at radius 3 is 2.53 bits per heavy atom. The second-order valence-electron chi connectivity index (χ2n) is 8.03. The Hall–Kier alpha value is -3.00. The van der Waals surface area contributed by atoms with Crippen LogP contribution < -0.4 is 10.9 Å². The van der Waals surface area contributed by atoms with Crippen LogP contribution in [0.5, 0.6) is 0 Å². The molecule has 2 heterocycles. The first-order valence-electron chi connectivity index (χ1n) is 11.2. The van der Waals surface area contributed by atoms with Crippen molar-refractivity contribution in [3.8, 4) is 0 Å². The molecular formula is C24H28N4O3S. The Labute approximate surface area is 191 Å². The molecule has 0 atom stereocenters. The Balaban J connectivity index is 1.48. The van der Waals surface area contributed by atoms with E-state index in [1.54, 1.807) is 40.5 Å².